The molecule has 1 fully saturated rings. The van der Waals surface area contributed by atoms with Crippen LogP contribution in [0.3, 0.4) is 0 Å². The van der Waals surface area contributed by atoms with E-state index < -0.39 is 0 Å². The van der Waals surface area contributed by atoms with Gasteiger partial charge in [-0.25, -0.2) is 0 Å². The Morgan fingerprint density at radius 1 is 1.50 bits per heavy atom. The molecule has 1 amide bonds. The molecule has 0 aromatic rings. The summed E-state index contributed by atoms with van der Waals surface area (Å²) >= 11 is 0. The SMILES string of the molecule is COCCNC(=O)CCC1CCCC(N)C1. The lowest BCUT2D eigenvalue weighted by Gasteiger charge is -2.26. The van der Waals surface area contributed by atoms with Crippen LogP contribution in [0.1, 0.15) is 38.5 Å². The summed E-state index contributed by atoms with van der Waals surface area (Å²) in [6, 6.07) is 0.357. The number of methoxy groups -OCH3 is 1. The van der Waals surface area contributed by atoms with Crippen LogP contribution in [0.2, 0.25) is 0 Å². The Kier molecular flexibility index (Phi) is 6.42. The summed E-state index contributed by atoms with van der Waals surface area (Å²) < 4.78 is 4.87. The van der Waals surface area contributed by atoms with Gasteiger partial charge in [0.2, 0.25) is 5.91 Å². The second-order valence-corrected chi connectivity index (χ2v) is 4.67. The molecule has 2 atom stereocenters. The van der Waals surface area contributed by atoms with E-state index >= 15 is 0 Å². The minimum atomic E-state index is 0.135. The monoisotopic (exact) mass is 228 g/mol. The molecule has 94 valence electrons. The number of hydrogen-bond acceptors (Lipinski definition) is 3. The minimum Gasteiger partial charge on any atom is -0.383 e. The molecule has 1 saturated carbocycles. The smallest absolute Gasteiger partial charge is 0.220 e. The molecule has 0 aromatic carbocycles. The standard InChI is InChI=1S/C12H24N2O2/c1-16-8-7-14-12(15)6-5-10-3-2-4-11(13)9-10/h10-11H,2-9,13H2,1H3,(H,14,15). The summed E-state index contributed by atoms with van der Waals surface area (Å²) in [6.07, 6.45) is 6.30. The van der Waals surface area contributed by atoms with Crippen molar-refractivity contribution in [1.29, 1.82) is 0 Å². The summed E-state index contributed by atoms with van der Waals surface area (Å²) in [5.74, 6) is 0.785. The van der Waals surface area contributed by atoms with Gasteiger partial charge >= 0.3 is 0 Å². The predicted molar refractivity (Wildman–Crippen MR) is 64.1 cm³/mol. The van der Waals surface area contributed by atoms with Gasteiger partial charge in [-0.3, -0.25) is 4.79 Å². The number of rotatable bonds is 6. The van der Waals surface area contributed by atoms with Crippen molar-refractivity contribution >= 4 is 5.91 Å². The number of hydrogen-bond donors (Lipinski definition) is 2. The molecule has 1 rings (SSSR count). The van der Waals surface area contributed by atoms with Crippen LogP contribution in [-0.4, -0.2) is 32.2 Å². The molecule has 16 heavy (non-hydrogen) atoms. The van der Waals surface area contributed by atoms with Crippen LogP contribution < -0.4 is 11.1 Å². The Bertz CT molecular complexity index is 209. The minimum absolute atomic E-state index is 0.135. The van der Waals surface area contributed by atoms with Gasteiger partial charge in [0.1, 0.15) is 0 Å². The number of nitrogens with two attached hydrogens (primary N) is 1. The number of amides is 1. The molecule has 4 nitrogen and oxygen atoms in total. The largest absolute Gasteiger partial charge is 0.383 e. The first-order chi connectivity index (χ1) is 7.72. The van der Waals surface area contributed by atoms with Gasteiger partial charge in [0.25, 0.3) is 0 Å². The third-order valence-corrected chi connectivity index (χ3v) is 3.23. The summed E-state index contributed by atoms with van der Waals surface area (Å²) in [6.45, 7) is 1.19. The van der Waals surface area contributed by atoms with Gasteiger partial charge in [-0.05, 0) is 25.2 Å². The zero-order valence-electron chi connectivity index (χ0n) is 10.2. The quantitative estimate of drug-likeness (QED) is 0.668. The average molecular weight is 228 g/mol. The van der Waals surface area contributed by atoms with Crippen molar-refractivity contribution < 1.29 is 9.53 Å². The molecule has 0 radical (unpaired) electrons. The second kappa shape index (κ2) is 7.63. The fraction of sp³-hybridized carbons (Fsp3) is 0.917. The lowest BCUT2D eigenvalue weighted by atomic mass is 9.83. The Balaban J connectivity index is 2.06. The maximum atomic E-state index is 11.4. The highest BCUT2D eigenvalue weighted by molar-refractivity contribution is 5.75. The van der Waals surface area contributed by atoms with Crippen molar-refractivity contribution in [3.63, 3.8) is 0 Å². The number of ether oxygens (including phenoxy) is 1. The molecule has 1 aliphatic rings. The lowest BCUT2D eigenvalue weighted by molar-refractivity contribution is -0.121. The van der Waals surface area contributed by atoms with E-state index in [0.29, 0.717) is 31.5 Å². The maximum absolute atomic E-state index is 11.4. The summed E-state index contributed by atoms with van der Waals surface area (Å²) in [4.78, 5) is 11.4. The predicted octanol–water partition coefficient (Wildman–Crippen LogP) is 1.05. The van der Waals surface area contributed by atoms with Crippen molar-refractivity contribution in [1.82, 2.24) is 5.32 Å². The molecule has 3 N–H and O–H groups in total. The molecule has 2 unspecified atom stereocenters. The summed E-state index contributed by atoms with van der Waals surface area (Å²) in [5.41, 5.74) is 5.91. The van der Waals surface area contributed by atoms with Crippen LogP contribution in [0.25, 0.3) is 0 Å². The molecule has 0 aromatic heterocycles. The number of carbonyl (C=O) groups is 1. The second-order valence-electron chi connectivity index (χ2n) is 4.67. The Morgan fingerprint density at radius 3 is 3.00 bits per heavy atom. The molecule has 0 saturated heterocycles. The van der Waals surface area contributed by atoms with E-state index in [2.05, 4.69) is 5.32 Å². The molecule has 1 aliphatic carbocycles. The van der Waals surface area contributed by atoms with Gasteiger partial charge in [0.15, 0.2) is 0 Å². The van der Waals surface area contributed by atoms with Crippen LogP contribution in [-0.2, 0) is 9.53 Å². The van der Waals surface area contributed by atoms with Crippen LogP contribution in [0.15, 0.2) is 0 Å². The fourth-order valence-electron chi connectivity index (χ4n) is 2.31. The Hall–Kier alpha value is -0.610. The number of carbonyl (C=O) groups excluding carboxylic acids is 1. The first-order valence-corrected chi connectivity index (χ1v) is 6.23. The highest BCUT2D eigenvalue weighted by Gasteiger charge is 2.19. The van der Waals surface area contributed by atoms with Gasteiger partial charge in [-0.15, -0.1) is 0 Å². The molecular formula is C12H24N2O2. The number of nitrogens with one attached hydrogen (secondary N) is 1. The van der Waals surface area contributed by atoms with Crippen LogP contribution in [0.5, 0.6) is 0 Å². The highest BCUT2D eigenvalue weighted by Crippen LogP contribution is 2.26. The van der Waals surface area contributed by atoms with Crippen molar-refractivity contribution in [2.75, 3.05) is 20.3 Å². The van der Waals surface area contributed by atoms with Gasteiger partial charge < -0.3 is 15.8 Å². The first kappa shape index (κ1) is 13.5. The van der Waals surface area contributed by atoms with Crippen molar-refractivity contribution in [2.45, 2.75) is 44.6 Å². The summed E-state index contributed by atoms with van der Waals surface area (Å²) in [7, 11) is 1.63. The van der Waals surface area contributed by atoms with E-state index in [1.165, 1.54) is 12.8 Å². The first-order valence-electron chi connectivity index (χ1n) is 6.23. The van der Waals surface area contributed by atoms with E-state index in [9.17, 15) is 4.79 Å². The van der Waals surface area contributed by atoms with Crippen LogP contribution >= 0.6 is 0 Å². The third-order valence-electron chi connectivity index (χ3n) is 3.23. The average Bonchev–Trinajstić information content (AvgIpc) is 2.27. The third kappa shape index (κ3) is 5.47. The van der Waals surface area contributed by atoms with E-state index in [1.54, 1.807) is 7.11 Å². The van der Waals surface area contributed by atoms with E-state index in [1.807, 2.05) is 0 Å². The normalized spacial score (nSPS) is 25.4. The van der Waals surface area contributed by atoms with E-state index in [-0.39, 0.29) is 5.91 Å². The van der Waals surface area contributed by atoms with Crippen LogP contribution in [0.4, 0.5) is 0 Å². The van der Waals surface area contributed by atoms with Gasteiger partial charge in [-0.2, -0.15) is 0 Å². The summed E-state index contributed by atoms with van der Waals surface area (Å²) in [5, 5.41) is 2.84. The molecular weight excluding hydrogens is 204 g/mol. The van der Waals surface area contributed by atoms with Crippen LogP contribution in [0, 0.1) is 5.92 Å². The zero-order chi connectivity index (χ0) is 11.8. The van der Waals surface area contributed by atoms with Gasteiger partial charge in [-0.1, -0.05) is 12.8 Å². The lowest BCUT2D eigenvalue weighted by Crippen LogP contribution is -2.30. The Labute approximate surface area is 97.9 Å². The molecule has 0 spiro atoms. The molecule has 4 heteroatoms. The molecule has 0 bridgehead atoms. The molecule has 0 heterocycles. The molecule has 0 aliphatic heterocycles. The van der Waals surface area contributed by atoms with Crippen molar-refractivity contribution in [3.8, 4) is 0 Å². The van der Waals surface area contributed by atoms with Gasteiger partial charge in [0.05, 0.1) is 6.61 Å². The Morgan fingerprint density at radius 2 is 2.31 bits per heavy atom. The van der Waals surface area contributed by atoms with Crippen molar-refractivity contribution in [3.05, 3.63) is 0 Å². The highest BCUT2D eigenvalue weighted by atomic mass is 16.5. The zero-order valence-corrected chi connectivity index (χ0v) is 10.2. The maximum Gasteiger partial charge on any atom is 0.220 e. The van der Waals surface area contributed by atoms with Gasteiger partial charge in [0, 0.05) is 26.1 Å². The topological polar surface area (TPSA) is 64.3 Å². The van der Waals surface area contributed by atoms with E-state index in [4.69, 9.17) is 10.5 Å². The van der Waals surface area contributed by atoms with E-state index in [0.717, 1.165) is 19.3 Å². The van der Waals surface area contributed by atoms with Crippen molar-refractivity contribution in [2.24, 2.45) is 11.7 Å². The fourth-order valence-corrected chi connectivity index (χ4v) is 2.31.